The summed E-state index contributed by atoms with van der Waals surface area (Å²) in [6.45, 7) is 0. The molecule has 0 aliphatic heterocycles. The summed E-state index contributed by atoms with van der Waals surface area (Å²) in [7, 11) is 2.27. The number of alkyl halides is 2. The first kappa shape index (κ1) is 12.4. The fraction of sp³-hybridized carbons (Fsp3) is 0.300. The van der Waals surface area contributed by atoms with Crippen LogP contribution in [0.3, 0.4) is 0 Å². The molecular weight excluding hydrogens is 225 g/mol. The van der Waals surface area contributed by atoms with Gasteiger partial charge in [-0.2, -0.15) is 0 Å². The molecule has 0 unspecified atom stereocenters. The van der Waals surface area contributed by atoms with E-state index >= 15 is 0 Å². The van der Waals surface area contributed by atoms with Gasteiger partial charge in [0.25, 0.3) is 0 Å². The Hall–Kier alpha value is -1.72. The van der Waals surface area contributed by atoms with Gasteiger partial charge in [0.1, 0.15) is 11.3 Å². The van der Waals surface area contributed by atoms with Crippen molar-refractivity contribution in [3.63, 3.8) is 0 Å². The number of carbonyl (C=O) groups excluding carboxylic acids is 1. The van der Waals surface area contributed by atoms with Crippen LogP contribution in [0.1, 0.15) is 10.4 Å². The zero-order chi connectivity index (χ0) is 12.3. The molecule has 6 heteroatoms. The van der Waals surface area contributed by atoms with Gasteiger partial charge in [0.05, 0.1) is 14.2 Å². The lowest BCUT2D eigenvalue weighted by Crippen LogP contribution is -2.14. The summed E-state index contributed by atoms with van der Waals surface area (Å²) in [6.07, 6.45) is -3.25. The van der Waals surface area contributed by atoms with Crippen LogP contribution in [0.5, 0.6) is 11.5 Å². The Morgan fingerprint density at radius 2 is 1.88 bits per heavy atom. The lowest BCUT2D eigenvalue weighted by atomic mass is 10.1. The molecule has 88 valence electrons. The number of ketones is 1. The van der Waals surface area contributed by atoms with Crippen molar-refractivity contribution in [2.45, 2.75) is 6.43 Å². The Morgan fingerprint density at radius 3 is 2.31 bits per heavy atom. The van der Waals surface area contributed by atoms with Crippen molar-refractivity contribution in [1.82, 2.24) is 0 Å². The highest BCUT2D eigenvalue weighted by Gasteiger charge is 2.27. The molecule has 0 bridgehead atoms. The molecule has 1 rings (SSSR count). The van der Waals surface area contributed by atoms with Crippen LogP contribution < -0.4 is 9.47 Å². The third kappa shape index (κ3) is 2.10. The van der Waals surface area contributed by atoms with E-state index in [0.717, 1.165) is 19.2 Å². The lowest BCUT2D eigenvalue weighted by Gasteiger charge is -2.12. The summed E-state index contributed by atoms with van der Waals surface area (Å²) < 4.78 is 47.1. The summed E-state index contributed by atoms with van der Waals surface area (Å²) >= 11 is 0. The summed E-state index contributed by atoms with van der Waals surface area (Å²) in [5.41, 5.74) is -0.583. The molecule has 0 aliphatic carbocycles. The van der Waals surface area contributed by atoms with Gasteiger partial charge in [-0.05, 0) is 12.1 Å². The number of hydrogen-bond donors (Lipinski definition) is 0. The molecular formula is C10H9F3O3. The number of rotatable bonds is 4. The number of ether oxygens (including phenoxy) is 2. The van der Waals surface area contributed by atoms with Gasteiger partial charge < -0.3 is 9.47 Å². The normalized spacial score (nSPS) is 10.4. The van der Waals surface area contributed by atoms with E-state index in [1.807, 2.05) is 0 Å². The standard InChI is InChI=1S/C10H9F3O3/c1-15-6-4-3-5(11)9(16-2)7(6)8(14)10(12)13/h3-4,10H,1-2H3. The Bertz CT molecular complexity index is 405. The molecule has 0 N–H and O–H groups in total. The van der Waals surface area contributed by atoms with Crippen LogP contribution in [0.15, 0.2) is 12.1 Å². The van der Waals surface area contributed by atoms with Crippen LogP contribution in [0.2, 0.25) is 0 Å². The van der Waals surface area contributed by atoms with Gasteiger partial charge in [-0.1, -0.05) is 0 Å². The van der Waals surface area contributed by atoms with E-state index in [1.165, 1.54) is 7.11 Å². The molecule has 0 fully saturated rings. The summed E-state index contributed by atoms with van der Waals surface area (Å²) in [5, 5.41) is 0. The maximum Gasteiger partial charge on any atom is 0.300 e. The van der Waals surface area contributed by atoms with Crippen LogP contribution in [0, 0.1) is 5.82 Å². The van der Waals surface area contributed by atoms with Gasteiger partial charge in [0.15, 0.2) is 11.6 Å². The SMILES string of the molecule is COc1ccc(F)c(OC)c1C(=O)C(F)F. The van der Waals surface area contributed by atoms with Crippen LogP contribution >= 0.6 is 0 Å². The van der Waals surface area contributed by atoms with Crippen LogP contribution in [0.25, 0.3) is 0 Å². The van der Waals surface area contributed by atoms with E-state index in [4.69, 9.17) is 4.74 Å². The topological polar surface area (TPSA) is 35.5 Å². The molecule has 16 heavy (non-hydrogen) atoms. The Labute approximate surface area is 89.8 Å². The maximum absolute atomic E-state index is 13.2. The van der Waals surface area contributed by atoms with E-state index < -0.39 is 29.3 Å². The summed E-state index contributed by atoms with van der Waals surface area (Å²) in [4.78, 5) is 11.2. The molecule has 0 atom stereocenters. The minimum atomic E-state index is -3.25. The second-order valence-corrected chi connectivity index (χ2v) is 2.82. The fourth-order valence-corrected chi connectivity index (χ4v) is 1.25. The third-order valence-corrected chi connectivity index (χ3v) is 1.94. The van der Waals surface area contributed by atoms with Gasteiger partial charge in [-0.25, -0.2) is 13.2 Å². The highest BCUT2D eigenvalue weighted by Crippen LogP contribution is 2.32. The first-order valence-corrected chi connectivity index (χ1v) is 4.25. The summed E-state index contributed by atoms with van der Waals surface area (Å²) in [6, 6.07) is 2.06. The van der Waals surface area contributed by atoms with Crippen LogP contribution in [-0.4, -0.2) is 26.4 Å². The molecule has 0 aliphatic rings. The first-order valence-electron chi connectivity index (χ1n) is 4.25. The van der Waals surface area contributed by atoms with Crippen molar-refractivity contribution >= 4 is 5.78 Å². The number of hydrogen-bond acceptors (Lipinski definition) is 3. The number of carbonyl (C=O) groups is 1. The van der Waals surface area contributed by atoms with E-state index in [0.29, 0.717) is 0 Å². The van der Waals surface area contributed by atoms with Gasteiger partial charge in [0.2, 0.25) is 5.78 Å². The zero-order valence-corrected chi connectivity index (χ0v) is 8.59. The molecule has 0 spiro atoms. The van der Waals surface area contributed by atoms with Crippen molar-refractivity contribution in [3.8, 4) is 11.5 Å². The Morgan fingerprint density at radius 1 is 1.25 bits per heavy atom. The quantitative estimate of drug-likeness (QED) is 0.750. The highest BCUT2D eigenvalue weighted by atomic mass is 19.3. The second-order valence-electron chi connectivity index (χ2n) is 2.82. The monoisotopic (exact) mass is 234 g/mol. The van der Waals surface area contributed by atoms with Crippen molar-refractivity contribution < 1.29 is 27.4 Å². The molecule has 0 aromatic heterocycles. The van der Waals surface area contributed by atoms with E-state index in [-0.39, 0.29) is 5.75 Å². The van der Waals surface area contributed by atoms with Gasteiger partial charge >= 0.3 is 6.43 Å². The number of methoxy groups -OCH3 is 2. The maximum atomic E-state index is 13.2. The molecule has 3 nitrogen and oxygen atoms in total. The second kappa shape index (κ2) is 4.87. The van der Waals surface area contributed by atoms with Crippen LogP contribution in [0.4, 0.5) is 13.2 Å². The Balaban J connectivity index is 3.42. The highest BCUT2D eigenvalue weighted by molar-refractivity contribution is 6.03. The molecule has 0 saturated heterocycles. The predicted octanol–water partition coefficient (Wildman–Crippen LogP) is 2.29. The number of benzene rings is 1. The third-order valence-electron chi connectivity index (χ3n) is 1.94. The smallest absolute Gasteiger partial charge is 0.300 e. The largest absolute Gasteiger partial charge is 0.496 e. The predicted molar refractivity (Wildman–Crippen MR) is 49.8 cm³/mol. The van der Waals surface area contributed by atoms with E-state index in [1.54, 1.807) is 0 Å². The number of halogens is 3. The minimum Gasteiger partial charge on any atom is -0.496 e. The van der Waals surface area contributed by atoms with Gasteiger partial charge in [0, 0.05) is 0 Å². The van der Waals surface area contributed by atoms with Crippen LogP contribution in [-0.2, 0) is 0 Å². The van der Waals surface area contributed by atoms with Crippen molar-refractivity contribution in [1.29, 1.82) is 0 Å². The minimum absolute atomic E-state index is 0.149. The van der Waals surface area contributed by atoms with Gasteiger partial charge in [-0.3, -0.25) is 4.79 Å². The van der Waals surface area contributed by atoms with E-state index in [2.05, 4.69) is 4.74 Å². The van der Waals surface area contributed by atoms with Crippen molar-refractivity contribution in [2.75, 3.05) is 14.2 Å². The average molecular weight is 234 g/mol. The first-order chi connectivity index (χ1) is 7.52. The molecule has 0 heterocycles. The Kier molecular flexibility index (Phi) is 3.76. The van der Waals surface area contributed by atoms with E-state index in [9.17, 15) is 18.0 Å². The average Bonchev–Trinajstić information content (AvgIpc) is 2.27. The molecule has 1 aromatic rings. The van der Waals surface area contributed by atoms with Crippen molar-refractivity contribution in [2.24, 2.45) is 0 Å². The molecule has 0 amide bonds. The number of Topliss-reactive ketones (excluding diaryl/α,β-unsaturated/α-hetero) is 1. The summed E-state index contributed by atoms with van der Waals surface area (Å²) in [5.74, 6) is -3.12. The molecule has 0 radical (unpaired) electrons. The zero-order valence-electron chi connectivity index (χ0n) is 8.59. The lowest BCUT2D eigenvalue weighted by molar-refractivity contribution is 0.0671. The fourth-order valence-electron chi connectivity index (χ4n) is 1.25. The van der Waals surface area contributed by atoms with Gasteiger partial charge in [-0.15, -0.1) is 0 Å². The van der Waals surface area contributed by atoms with Crippen molar-refractivity contribution in [3.05, 3.63) is 23.5 Å². The molecule has 0 saturated carbocycles. The molecule has 1 aromatic carbocycles.